The normalized spacial score (nSPS) is 25.3. The van der Waals surface area contributed by atoms with Gasteiger partial charge in [0.1, 0.15) is 5.82 Å². The third kappa shape index (κ3) is 4.07. The molecule has 1 aromatic carbocycles. The predicted octanol–water partition coefficient (Wildman–Crippen LogP) is 2.51. The highest BCUT2D eigenvalue weighted by atomic mass is 19.1. The van der Waals surface area contributed by atoms with Crippen molar-refractivity contribution in [2.24, 2.45) is 5.92 Å². The Morgan fingerprint density at radius 2 is 2.06 bits per heavy atom. The molecule has 2 N–H and O–H groups in total. The lowest BCUT2D eigenvalue weighted by Crippen LogP contribution is -2.32. The van der Waals surface area contributed by atoms with Crippen molar-refractivity contribution in [2.75, 3.05) is 6.54 Å². The largest absolute Gasteiger partial charge is 0.393 e. The van der Waals surface area contributed by atoms with Gasteiger partial charge < -0.3 is 10.4 Å². The Morgan fingerprint density at radius 1 is 1.33 bits per heavy atom. The van der Waals surface area contributed by atoms with Crippen LogP contribution < -0.4 is 5.32 Å². The Morgan fingerprint density at radius 3 is 2.67 bits per heavy atom. The van der Waals surface area contributed by atoms with Crippen molar-refractivity contribution in [3.63, 3.8) is 0 Å². The minimum atomic E-state index is -0.181. The maximum absolute atomic E-state index is 12.8. The molecule has 18 heavy (non-hydrogen) atoms. The van der Waals surface area contributed by atoms with E-state index >= 15 is 0 Å². The average molecular weight is 251 g/mol. The van der Waals surface area contributed by atoms with Crippen LogP contribution in [0.2, 0.25) is 0 Å². The Kier molecular flexibility index (Phi) is 4.72. The number of aliphatic hydroxyl groups is 1. The molecule has 0 spiro atoms. The van der Waals surface area contributed by atoms with Crippen molar-refractivity contribution in [1.82, 2.24) is 5.32 Å². The van der Waals surface area contributed by atoms with E-state index < -0.39 is 0 Å². The Bertz CT molecular complexity index is 365. The van der Waals surface area contributed by atoms with Crippen molar-refractivity contribution in [1.29, 1.82) is 0 Å². The number of nitrogens with one attached hydrogen (secondary N) is 1. The van der Waals surface area contributed by atoms with Gasteiger partial charge in [-0.15, -0.1) is 0 Å². The Hall–Kier alpha value is -0.930. The molecule has 1 aliphatic rings. The van der Waals surface area contributed by atoms with Gasteiger partial charge in [-0.2, -0.15) is 0 Å². The lowest BCUT2D eigenvalue weighted by atomic mass is 10.0. The summed E-state index contributed by atoms with van der Waals surface area (Å²) in [5, 5.41) is 13.0. The lowest BCUT2D eigenvalue weighted by molar-refractivity contribution is 0.177. The third-order valence-corrected chi connectivity index (χ3v) is 3.72. The van der Waals surface area contributed by atoms with E-state index in [0.29, 0.717) is 12.0 Å². The van der Waals surface area contributed by atoms with Gasteiger partial charge in [0, 0.05) is 6.04 Å². The van der Waals surface area contributed by atoms with Crippen LogP contribution in [0.3, 0.4) is 0 Å². The number of aliphatic hydroxyl groups excluding tert-OH is 1. The van der Waals surface area contributed by atoms with Gasteiger partial charge in [-0.1, -0.05) is 12.1 Å². The molecular formula is C15H22FNO. The smallest absolute Gasteiger partial charge is 0.123 e. The molecule has 2 rings (SSSR count). The van der Waals surface area contributed by atoms with Crippen molar-refractivity contribution in [3.05, 3.63) is 35.6 Å². The molecule has 1 aliphatic carbocycles. The highest BCUT2D eigenvalue weighted by Gasteiger charge is 2.22. The standard InChI is InChI=1S/C15H22FNO/c1-11(8-12-2-5-14(16)6-3-12)17-10-13-4-7-15(18)9-13/h2-3,5-6,11,13,15,17-18H,4,7-10H2,1H3. The van der Waals surface area contributed by atoms with Gasteiger partial charge in [-0.3, -0.25) is 0 Å². The second-order valence-electron chi connectivity index (χ2n) is 5.47. The van der Waals surface area contributed by atoms with E-state index in [2.05, 4.69) is 12.2 Å². The second-order valence-corrected chi connectivity index (χ2v) is 5.47. The first-order valence-corrected chi connectivity index (χ1v) is 6.79. The van der Waals surface area contributed by atoms with Crippen LogP contribution in [0.1, 0.15) is 31.7 Å². The summed E-state index contributed by atoms with van der Waals surface area (Å²) >= 11 is 0. The molecule has 0 radical (unpaired) electrons. The summed E-state index contributed by atoms with van der Waals surface area (Å²) in [6, 6.07) is 7.08. The summed E-state index contributed by atoms with van der Waals surface area (Å²) in [7, 11) is 0. The van der Waals surface area contributed by atoms with Crippen LogP contribution in [-0.2, 0) is 6.42 Å². The first-order valence-electron chi connectivity index (χ1n) is 6.79. The first kappa shape index (κ1) is 13.5. The van der Waals surface area contributed by atoms with Crippen LogP contribution >= 0.6 is 0 Å². The molecule has 1 aromatic rings. The van der Waals surface area contributed by atoms with Crippen molar-refractivity contribution >= 4 is 0 Å². The van der Waals surface area contributed by atoms with Gasteiger partial charge in [0.05, 0.1) is 6.10 Å². The van der Waals surface area contributed by atoms with E-state index in [-0.39, 0.29) is 11.9 Å². The summed E-state index contributed by atoms with van der Waals surface area (Å²) in [4.78, 5) is 0. The van der Waals surface area contributed by atoms with Crippen LogP contribution in [0.15, 0.2) is 24.3 Å². The molecular weight excluding hydrogens is 229 g/mol. The van der Waals surface area contributed by atoms with E-state index in [1.807, 2.05) is 12.1 Å². The summed E-state index contributed by atoms with van der Waals surface area (Å²) in [6.45, 7) is 3.12. The molecule has 0 bridgehead atoms. The molecule has 0 aromatic heterocycles. The maximum atomic E-state index is 12.8. The summed E-state index contributed by atoms with van der Waals surface area (Å²) in [5.74, 6) is 0.426. The van der Waals surface area contributed by atoms with E-state index in [4.69, 9.17) is 0 Å². The summed E-state index contributed by atoms with van der Waals surface area (Å²) < 4.78 is 12.8. The minimum absolute atomic E-state index is 0.0933. The third-order valence-electron chi connectivity index (χ3n) is 3.72. The zero-order chi connectivity index (χ0) is 13.0. The molecule has 100 valence electrons. The summed E-state index contributed by atoms with van der Waals surface area (Å²) in [5.41, 5.74) is 1.16. The van der Waals surface area contributed by atoms with Crippen LogP contribution in [0, 0.1) is 11.7 Å². The molecule has 1 saturated carbocycles. The fraction of sp³-hybridized carbons (Fsp3) is 0.600. The SMILES string of the molecule is CC(Cc1ccc(F)cc1)NCC1CCC(O)C1. The van der Waals surface area contributed by atoms with Gasteiger partial charge in [-0.05, 0) is 62.8 Å². The van der Waals surface area contributed by atoms with Crippen LogP contribution in [-0.4, -0.2) is 23.8 Å². The minimum Gasteiger partial charge on any atom is -0.393 e. The van der Waals surface area contributed by atoms with E-state index in [1.54, 1.807) is 0 Å². The van der Waals surface area contributed by atoms with Gasteiger partial charge in [0.15, 0.2) is 0 Å². The van der Waals surface area contributed by atoms with Gasteiger partial charge >= 0.3 is 0 Å². The fourth-order valence-corrected chi connectivity index (χ4v) is 2.65. The molecule has 0 heterocycles. The molecule has 3 unspecified atom stereocenters. The van der Waals surface area contributed by atoms with Crippen LogP contribution in [0.25, 0.3) is 0 Å². The van der Waals surface area contributed by atoms with Gasteiger partial charge in [0.2, 0.25) is 0 Å². The molecule has 3 atom stereocenters. The summed E-state index contributed by atoms with van der Waals surface area (Å²) in [6.07, 6.45) is 3.81. The number of rotatable bonds is 5. The number of halogens is 1. The van der Waals surface area contributed by atoms with E-state index in [0.717, 1.165) is 37.8 Å². The molecule has 2 nitrogen and oxygen atoms in total. The molecule has 3 heteroatoms. The topological polar surface area (TPSA) is 32.3 Å². The zero-order valence-corrected chi connectivity index (χ0v) is 10.9. The molecule has 0 saturated heterocycles. The molecule has 1 fully saturated rings. The van der Waals surface area contributed by atoms with Gasteiger partial charge in [0.25, 0.3) is 0 Å². The number of hydrogen-bond donors (Lipinski definition) is 2. The average Bonchev–Trinajstić information content (AvgIpc) is 2.76. The van der Waals surface area contributed by atoms with Crippen molar-refractivity contribution in [3.8, 4) is 0 Å². The second kappa shape index (κ2) is 6.30. The Labute approximate surface area is 108 Å². The van der Waals surface area contributed by atoms with Crippen LogP contribution in [0.4, 0.5) is 4.39 Å². The highest BCUT2D eigenvalue weighted by Crippen LogP contribution is 2.24. The quantitative estimate of drug-likeness (QED) is 0.842. The van der Waals surface area contributed by atoms with E-state index in [1.165, 1.54) is 12.1 Å². The van der Waals surface area contributed by atoms with Gasteiger partial charge in [-0.25, -0.2) is 4.39 Å². The zero-order valence-electron chi connectivity index (χ0n) is 10.9. The number of hydrogen-bond acceptors (Lipinski definition) is 2. The first-order chi connectivity index (χ1) is 8.63. The number of benzene rings is 1. The Balaban J connectivity index is 1.71. The van der Waals surface area contributed by atoms with Crippen molar-refractivity contribution < 1.29 is 9.50 Å². The van der Waals surface area contributed by atoms with Crippen LogP contribution in [0.5, 0.6) is 0 Å². The lowest BCUT2D eigenvalue weighted by Gasteiger charge is -2.17. The van der Waals surface area contributed by atoms with Crippen molar-refractivity contribution in [2.45, 2.75) is 44.8 Å². The maximum Gasteiger partial charge on any atom is 0.123 e. The molecule has 0 amide bonds. The monoisotopic (exact) mass is 251 g/mol. The highest BCUT2D eigenvalue weighted by molar-refractivity contribution is 5.16. The van der Waals surface area contributed by atoms with E-state index in [9.17, 15) is 9.50 Å². The predicted molar refractivity (Wildman–Crippen MR) is 70.9 cm³/mol. The molecule has 0 aliphatic heterocycles. The fourth-order valence-electron chi connectivity index (χ4n) is 2.65.